The number of nitrogens with one attached hydrogen (secondary N) is 1. The summed E-state index contributed by atoms with van der Waals surface area (Å²) < 4.78 is 5.98. The van der Waals surface area contributed by atoms with Crippen LogP contribution in [0.5, 0.6) is 0 Å². The van der Waals surface area contributed by atoms with Crippen LogP contribution in [-0.4, -0.2) is 59.9 Å². The first-order chi connectivity index (χ1) is 19.5. The van der Waals surface area contributed by atoms with Gasteiger partial charge in [-0.05, 0) is 72.8 Å². The van der Waals surface area contributed by atoms with E-state index in [1.165, 1.54) is 15.6 Å². The Labute approximate surface area is 239 Å². The van der Waals surface area contributed by atoms with Gasteiger partial charge in [-0.2, -0.15) is 4.37 Å². The average molecular weight is 554 g/mol. The van der Waals surface area contributed by atoms with Crippen LogP contribution in [0.4, 0.5) is 17.2 Å². The highest BCUT2D eigenvalue weighted by Gasteiger charge is 2.36. The predicted octanol–water partition coefficient (Wildman–Crippen LogP) is 5.21. The SMILES string of the molecule is CC1Cc2cc(CCN3CCN(c4nsc5ccccc45)CC3)ccc2N(C(C)C(=O)Nc2ccccc2)C1=O. The van der Waals surface area contributed by atoms with Gasteiger partial charge in [0.05, 0.1) is 4.70 Å². The van der Waals surface area contributed by atoms with E-state index in [0.29, 0.717) is 6.42 Å². The molecular formula is C32H35N5O2S. The number of anilines is 3. The fourth-order valence-electron chi connectivity index (χ4n) is 5.82. The molecule has 206 valence electrons. The van der Waals surface area contributed by atoms with Crippen molar-refractivity contribution in [1.29, 1.82) is 0 Å². The highest BCUT2D eigenvalue weighted by Crippen LogP contribution is 2.34. The van der Waals surface area contributed by atoms with Crippen molar-refractivity contribution < 1.29 is 9.59 Å². The molecule has 0 aliphatic carbocycles. The number of para-hydroxylation sites is 1. The van der Waals surface area contributed by atoms with Crippen molar-refractivity contribution in [3.8, 4) is 0 Å². The van der Waals surface area contributed by atoms with Gasteiger partial charge in [0.1, 0.15) is 11.9 Å². The van der Waals surface area contributed by atoms with Crippen molar-refractivity contribution >= 4 is 50.6 Å². The monoisotopic (exact) mass is 553 g/mol. The molecule has 2 unspecified atom stereocenters. The van der Waals surface area contributed by atoms with Crippen molar-refractivity contribution in [1.82, 2.24) is 9.27 Å². The Morgan fingerprint density at radius 1 is 1.02 bits per heavy atom. The number of amides is 2. The zero-order valence-corrected chi connectivity index (χ0v) is 23.9. The Morgan fingerprint density at radius 3 is 2.58 bits per heavy atom. The Bertz CT molecular complexity index is 1510. The van der Waals surface area contributed by atoms with Crippen molar-refractivity contribution in [2.75, 3.05) is 47.8 Å². The molecule has 6 rings (SSSR count). The maximum atomic E-state index is 13.2. The molecule has 40 heavy (non-hydrogen) atoms. The van der Waals surface area contributed by atoms with Crippen molar-refractivity contribution in [2.24, 2.45) is 5.92 Å². The first kappa shape index (κ1) is 26.5. The lowest BCUT2D eigenvalue weighted by Crippen LogP contribution is -2.50. The third kappa shape index (κ3) is 5.33. The summed E-state index contributed by atoms with van der Waals surface area (Å²) in [5.41, 5.74) is 4.00. The number of carbonyl (C=O) groups is 2. The molecule has 0 radical (unpaired) electrons. The van der Waals surface area contributed by atoms with Crippen LogP contribution in [0.25, 0.3) is 10.1 Å². The number of fused-ring (bicyclic) bond motifs is 2. The van der Waals surface area contributed by atoms with Crippen LogP contribution < -0.4 is 15.1 Å². The molecule has 0 saturated carbocycles. The topological polar surface area (TPSA) is 68.8 Å². The summed E-state index contributed by atoms with van der Waals surface area (Å²) in [6.45, 7) is 8.76. The first-order valence-corrected chi connectivity index (χ1v) is 14.9. The Morgan fingerprint density at radius 2 is 1.77 bits per heavy atom. The lowest BCUT2D eigenvalue weighted by atomic mass is 9.90. The molecule has 4 aromatic rings. The number of piperazine rings is 1. The Balaban J connectivity index is 1.09. The second-order valence-electron chi connectivity index (χ2n) is 10.9. The average Bonchev–Trinajstić information content (AvgIpc) is 3.41. The van der Waals surface area contributed by atoms with Gasteiger partial charge in [0.25, 0.3) is 0 Å². The number of aromatic nitrogens is 1. The first-order valence-electron chi connectivity index (χ1n) is 14.1. The molecule has 8 heteroatoms. The van der Waals surface area contributed by atoms with Gasteiger partial charge in [0.2, 0.25) is 11.8 Å². The van der Waals surface area contributed by atoms with Gasteiger partial charge < -0.3 is 10.2 Å². The summed E-state index contributed by atoms with van der Waals surface area (Å²) in [7, 11) is 0. The number of rotatable bonds is 7. The van der Waals surface area contributed by atoms with Crippen LogP contribution in [0.15, 0.2) is 72.8 Å². The molecule has 0 spiro atoms. The summed E-state index contributed by atoms with van der Waals surface area (Å²) in [6, 6.07) is 23.6. The number of nitrogens with zero attached hydrogens (tertiary/aromatic N) is 4. The van der Waals surface area contributed by atoms with Crippen LogP contribution in [0.1, 0.15) is 25.0 Å². The van der Waals surface area contributed by atoms with Crippen LogP contribution in [0.2, 0.25) is 0 Å². The zero-order valence-electron chi connectivity index (χ0n) is 23.0. The van der Waals surface area contributed by atoms with Gasteiger partial charge in [-0.15, -0.1) is 0 Å². The minimum Gasteiger partial charge on any atom is -0.353 e. The lowest BCUT2D eigenvalue weighted by molar-refractivity contribution is -0.126. The molecule has 1 saturated heterocycles. The molecule has 2 atom stereocenters. The fourth-order valence-corrected chi connectivity index (χ4v) is 6.62. The lowest BCUT2D eigenvalue weighted by Gasteiger charge is -2.37. The molecule has 1 fully saturated rings. The highest BCUT2D eigenvalue weighted by molar-refractivity contribution is 7.13. The molecule has 1 N–H and O–H groups in total. The third-order valence-corrected chi connectivity index (χ3v) is 8.96. The zero-order chi connectivity index (χ0) is 27.6. The van der Waals surface area contributed by atoms with Gasteiger partial charge in [0.15, 0.2) is 0 Å². The second-order valence-corrected chi connectivity index (χ2v) is 11.7. The molecule has 7 nitrogen and oxygen atoms in total. The number of carbonyl (C=O) groups excluding carboxylic acids is 2. The summed E-state index contributed by atoms with van der Waals surface area (Å²) >= 11 is 1.58. The van der Waals surface area contributed by atoms with E-state index >= 15 is 0 Å². The number of hydrogen-bond donors (Lipinski definition) is 1. The van der Waals surface area contributed by atoms with Crippen molar-refractivity contribution in [3.05, 3.63) is 83.9 Å². The minimum absolute atomic E-state index is 0.00160. The van der Waals surface area contributed by atoms with E-state index in [-0.39, 0.29) is 17.7 Å². The molecule has 2 aliphatic rings. The largest absolute Gasteiger partial charge is 0.353 e. The normalized spacial score (nSPS) is 18.6. The quantitative estimate of drug-likeness (QED) is 0.340. The van der Waals surface area contributed by atoms with E-state index in [4.69, 9.17) is 4.37 Å². The maximum Gasteiger partial charge on any atom is 0.247 e. The number of hydrogen-bond acceptors (Lipinski definition) is 6. The smallest absolute Gasteiger partial charge is 0.247 e. The molecule has 1 aromatic heterocycles. The third-order valence-electron chi connectivity index (χ3n) is 8.14. The summed E-state index contributed by atoms with van der Waals surface area (Å²) in [5.74, 6) is 0.773. The molecular weight excluding hydrogens is 518 g/mol. The van der Waals surface area contributed by atoms with E-state index < -0.39 is 6.04 Å². The summed E-state index contributed by atoms with van der Waals surface area (Å²) in [5, 5.41) is 4.20. The number of benzene rings is 3. The van der Waals surface area contributed by atoms with Gasteiger partial charge in [-0.25, -0.2) is 0 Å². The Hall–Kier alpha value is -3.75. The van der Waals surface area contributed by atoms with E-state index in [1.54, 1.807) is 23.4 Å². The highest BCUT2D eigenvalue weighted by atomic mass is 32.1. The molecule has 2 amide bonds. The van der Waals surface area contributed by atoms with Crippen LogP contribution >= 0.6 is 11.5 Å². The van der Waals surface area contributed by atoms with E-state index in [0.717, 1.165) is 61.9 Å². The van der Waals surface area contributed by atoms with Gasteiger partial charge >= 0.3 is 0 Å². The Kier molecular flexibility index (Phi) is 7.54. The maximum absolute atomic E-state index is 13.2. The van der Waals surface area contributed by atoms with Gasteiger partial charge in [-0.3, -0.25) is 19.4 Å². The predicted molar refractivity (Wildman–Crippen MR) is 163 cm³/mol. The van der Waals surface area contributed by atoms with Crippen LogP contribution in [-0.2, 0) is 22.4 Å². The van der Waals surface area contributed by atoms with E-state index in [2.05, 4.69) is 51.5 Å². The fraction of sp³-hybridized carbons (Fsp3) is 0.344. The summed E-state index contributed by atoms with van der Waals surface area (Å²) in [4.78, 5) is 32.9. The van der Waals surface area contributed by atoms with E-state index in [1.807, 2.05) is 43.3 Å². The van der Waals surface area contributed by atoms with Crippen LogP contribution in [0.3, 0.4) is 0 Å². The van der Waals surface area contributed by atoms with Gasteiger partial charge in [-0.1, -0.05) is 49.4 Å². The standard InChI is InChI=1S/C32H35N5O2S/c1-22-20-25-21-24(12-13-28(25)37(32(22)39)23(2)31(38)33-26-8-4-3-5-9-26)14-15-35-16-18-36(19-17-35)30-27-10-6-7-11-29(27)40-34-30/h3-13,21-23H,14-20H2,1-2H3,(H,33,38). The van der Waals surface area contributed by atoms with Crippen LogP contribution in [0, 0.1) is 5.92 Å². The summed E-state index contributed by atoms with van der Waals surface area (Å²) in [6.07, 6.45) is 1.66. The second kappa shape index (κ2) is 11.4. The van der Waals surface area contributed by atoms with Crippen molar-refractivity contribution in [3.63, 3.8) is 0 Å². The molecule has 2 aliphatic heterocycles. The molecule has 3 aromatic carbocycles. The van der Waals surface area contributed by atoms with E-state index in [9.17, 15) is 9.59 Å². The van der Waals surface area contributed by atoms with Crippen molar-refractivity contribution in [2.45, 2.75) is 32.7 Å². The van der Waals surface area contributed by atoms with Gasteiger partial charge in [0, 0.05) is 55.4 Å². The minimum atomic E-state index is -0.605. The molecule has 3 heterocycles. The molecule has 0 bridgehead atoms.